The van der Waals surface area contributed by atoms with Gasteiger partial charge >= 0.3 is 6.18 Å². The molecule has 2 heterocycles. The zero-order chi connectivity index (χ0) is 18.2. The summed E-state index contributed by atoms with van der Waals surface area (Å²) in [7, 11) is 0. The first-order valence-corrected chi connectivity index (χ1v) is 7.94. The second-order valence-electron chi connectivity index (χ2n) is 6.33. The van der Waals surface area contributed by atoms with E-state index < -0.39 is 18.6 Å². The van der Waals surface area contributed by atoms with Crippen LogP contribution in [0.1, 0.15) is 11.4 Å². The van der Waals surface area contributed by atoms with E-state index in [4.69, 9.17) is 0 Å². The van der Waals surface area contributed by atoms with Crippen molar-refractivity contribution in [1.29, 1.82) is 0 Å². The molecule has 1 aromatic heterocycles. The summed E-state index contributed by atoms with van der Waals surface area (Å²) in [6.07, 6.45) is -2.48. The molecule has 0 atom stereocenters. The highest BCUT2D eigenvalue weighted by molar-refractivity contribution is 5.93. The van der Waals surface area contributed by atoms with Gasteiger partial charge in [-0.1, -0.05) is 0 Å². The minimum atomic E-state index is -4.22. The Morgan fingerprint density at radius 1 is 1.24 bits per heavy atom. The number of hydrogen-bond donors (Lipinski definition) is 1. The van der Waals surface area contributed by atoms with E-state index in [-0.39, 0.29) is 19.0 Å². The lowest BCUT2D eigenvalue weighted by molar-refractivity contribution is -0.162. The van der Waals surface area contributed by atoms with Crippen LogP contribution >= 0.6 is 0 Å². The average Bonchev–Trinajstić information content (AvgIpc) is 2.82. The highest BCUT2D eigenvalue weighted by Crippen LogP contribution is 2.24. The Kier molecular flexibility index (Phi) is 4.55. The number of likely N-dealkylation sites (tertiary alicyclic amines) is 1. The number of nitrogens with one attached hydrogen (secondary N) is 1. The van der Waals surface area contributed by atoms with Gasteiger partial charge in [0.2, 0.25) is 5.91 Å². The first kappa shape index (κ1) is 17.5. The number of aromatic nitrogens is 2. The summed E-state index contributed by atoms with van der Waals surface area (Å²) in [5.74, 6) is -0.651. The number of carbonyl (C=O) groups excluding carboxylic acids is 1. The Hall–Kier alpha value is -2.35. The van der Waals surface area contributed by atoms with Crippen molar-refractivity contribution in [2.75, 3.05) is 25.0 Å². The summed E-state index contributed by atoms with van der Waals surface area (Å²) in [5.41, 5.74) is 3.54. The van der Waals surface area contributed by atoms with Crippen LogP contribution in [0, 0.1) is 19.8 Å². The standard InChI is InChI=1S/C17H19F3N4O/c1-11-12(2)24(10-21-11)15-5-3-14(4-6-15)22-16(25)13-7-23(8-13)9-17(18,19)20/h3-6,10,13H,7-9H2,1-2H3,(H,22,25). The third-order valence-electron chi connectivity index (χ3n) is 4.40. The number of imidazole rings is 1. The van der Waals surface area contributed by atoms with Crippen molar-refractivity contribution in [3.8, 4) is 5.69 Å². The molecule has 5 nitrogen and oxygen atoms in total. The highest BCUT2D eigenvalue weighted by atomic mass is 19.4. The van der Waals surface area contributed by atoms with E-state index in [2.05, 4.69) is 10.3 Å². The van der Waals surface area contributed by atoms with Crippen molar-refractivity contribution in [2.24, 2.45) is 5.92 Å². The molecule has 1 N–H and O–H groups in total. The Morgan fingerprint density at radius 3 is 2.40 bits per heavy atom. The maximum atomic E-state index is 12.3. The van der Waals surface area contributed by atoms with E-state index >= 15 is 0 Å². The van der Waals surface area contributed by atoms with Gasteiger partial charge in [-0.3, -0.25) is 9.69 Å². The average molecular weight is 352 g/mol. The van der Waals surface area contributed by atoms with Gasteiger partial charge in [0.15, 0.2) is 0 Å². The molecule has 1 saturated heterocycles. The first-order chi connectivity index (χ1) is 11.7. The number of hydrogen-bond acceptors (Lipinski definition) is 3. The zero-order valence-corrected chi connectivity index (χ0v) is 14.0. The van der Waals surface area contributed by atoms with Gasteiger partial charge in [-0.25, -0.2) is 4.98 Å². The van der Waals surface area contributed by atoms with Gasteiger partial charge in [-0.05, 0) is 38.1 Å². The molecule has 8 heteroatoms. The fourth-order valence-electron chi connectivity index (χ4n) is 2.83. The Bertz CT molecular complexity index is 761. The second-order valence-corrected chi connectivity index (χ2v) is 6.33. The molecule has 0 unspecified atom stereocenters. The molecule has 1 fully saturated rings. The molecule has 0 saturated carbocycles. The predicted molar refractivity (Wildman–Crippen MR) is 87.7 cm³/mol. The molecular formula is C17H19F3N4O. The number of nitrogens with zero attached hydrogens (tertiary/aromatic N) is 3. The number of carbonyl (C=O) groups is 1. The van der Waals surface area contributed by atoms with Crippen LogP contribution in [-0.2, 0) is 4.79 Å². The molecule has 0 aliphatic carbocycles. The van der Waals surface area contributed by atoms with Gasteiger partial charge in [-0.15, -0.1) is 0 Å². The molecule has 134 valence electrons. The number of halogens is 3. The maximum absolute atomic E-state index is 12.3. The molecular weight excluding hydrogens is 333 g/mol. The van der Waals surface area contributed by atoms with Gasteiger partial charge < -0.3 is 9.88 Å². The lowest BCUT2D eigenvalue weighted by atomic mass is 9.99. The second kappa shape index (κ2) is 6.51. The van der Waals surface area contributed by atoms with Gasteiger partial charge in [0.05, 0.1) is 24.5 Å². The SMILES string of the molecule is Cc1ncn(-c2ccc(NC(=O)C3CN(CC(F)(F)F)C3)cc2)c1C. The number of amides is 1. The van der Waals surface area contributed by atoms with Crippen LogP contribution < -0.4 is 5.32 Å². The van der Waals surface area contributed by atoms with Gasteiger partial charge in [0.25, 0.3) is 0 Å². The minimum absolute atomic E-state index is 0.136. The molecule has 0 radical (unpaired) electrons. The van der Waals surface area contributed by atoms with Crippen LogP contribution in [0.15, 0.2) is 30.6 Å². The van der Waals surface area contributed by atoms with Crippen LogP contribution in [0.4, 0.5) is 18.9 Å². The number of anilines is 1. The van der Waals surface area contributed by atoms with Crippen LogP contribution in [0.25, 0.3) is 5.69 Å². The van der Waals surface area contributed by atoms with Crippen molar-refractivity contribution >= 4 is 11.6 Å². The van der Waals surface area contributed by atoms with Crippen molar-refractivity contribution in [2.45, 2.75) is 20.0 Å². The summed E-state index contributed by atoms with van der Waals surface area (Å²) in [6, 6.07) is 7.27. The lowest BCUT2D eigenvalue weighted by Gasteiger charge is -2.38. The molecule has 1 aromatic carbocycles. The third kappa shape index (κ3) is 4.01. The highest BCUT2D eigenvalue weighted by Gasteiger charge is 2.39. The van der Waals surface area contributed by atoms with Crippen LogP contribution in [-0.4, -0.2) is 46.2 Å². The number of benzene rings is 1. The largest absolute Gasteiger partial charge is 0.401 e. The van der Waals surface area contributed by atoms with E-state index in [0.717, 1.165) is 17.1 Å². The van der Waals surface area contributed by atoms with Crippen molar-refractivity contribution in [3.05, 3.63) is 42.0 Å². The van der Waals surface area contributed by atoms with Crippen molar-refractivity contribution in [3.63, 3.8) is 0 Å². The minimum Gasteiger partial charge on any atom is -0.326 e. The lowest BCUT2D eigenvalue weighted by Crippen LogP contribution is -2.54. The first-order valence-electron chi connectivity index (χ1n) is 7.94. The van der Waals surface area contributed by atoms with E-state index in [0.29, 0.717) is 5.69 Å². The number of aryl methyl sites for hydroxylation is 1. The molecule has 0 bridgehead atoms. The van der Waals surface area contributed by atoms with Crippen LogP contribution in [0.2, 0.25) is 0 Å². The quantitative estimate of drug-likeness (QED) is 0.921. The maximum Gasteiger partial charge on any atom is 0.401 e. The zero-order valence-electron chi connectivity index (χ0n) is 14.0. The predicted octanol–water partition coefficient (Wildman–Crippen LogP) is 2.92. The van der Waals surface area contributed by atoms with Crippen molar-refractivity contribution < 1.29 is 18.0 Å². The van der Waals surface area contributed by atoms with E-state index in [9.17, 15) is 18.0 Å². The molecule has 0 spiro atoms. The fraction of sp³-hybridized carbons (Fsp3) is 0.412. The van der Waals surface area contributed by atoms with Gasteiger partial charge in [0, 0.05) is 30.2 Å². The molecule has 1 amide bonds. The Morgan fingerprint density at radius 2 is 1.88 bits per heavy atom. The molecule has 1 aliphatic rings. The summed E-state index contributed by atoms with van der Waals surface area (Å²) in [6.45, 7) is 3.21. The number of rotatable bonds is 4. The fourth-order valence-corrected chi connectivity index (χ4v) is 2.83. The smallest absolute Gasteiger partial charge is 0.326 e. The number of alkyl halides is 3. The molecule has 1 aliphatic heterocycles. The summed E-state index contributed by atoms with van der Waals surface area (Å²) < 4.78 is 38.7. The van der Waals surface area contributed by atoms with E-state index in [1.165, 1.54) is 4.90 Å². The third-order valence-corrected chi connectivity index (χ3v) is 4.40. The van der Waals surface area contributed by atoms with Crippen molar-refractivity contribution in [1.82, 2.24) is 14.5 Å². The van der Waals surface area contributed by atoms with E-state index in [1.54, 1.807) is 18.5 Å². The molecule has 25 heavy (non-hydrogen) atoms. The Labute approximate surface area is 143 Å². The Balaban J connectivity index is 1.56. The van der Waals surface area contributed by atoms with Gasteiger partial charge in [-0.2, -0.15) is 13.2 Å². The topological polar surface area (TPSA) is 50.2 Å². The van der Waals surface area contributed by atoms with E-state index in [1.807, 2.05) is 30.5 Å². The van der Waals surface area contributed by atoms with Gasteiger partial charge in [0.1, 0.15) is 0 Å². The monoisotopic (exact) mass is 352 g/mol. The summed E-state index contributed by atoms with van der Waals surface area (Å²) in [4.78, 5) is 17.5. The normalized spacial score (nSPS) is 15.9. The van der Waals surface area contributed by atoms with Crippen LogP contribution in [0.5, 0.6) is 0 Å². The summed E-state index contributed by atoms with van der Waals surface area (Å²) in [5, 5.41) is 2.75. The molecule has 3 rings (SSSR count). The van der Waals surface area contributed by atoms with Crippen LogP contribution in [0.3, 0.4) is 0 Å². The summed E-state index contributed by atoms with van der Waals surface area (Å²) >= 11 is 0. The molecule has 2 aromatic rings.